The minimum absolute atomic E-state index is 0.0453. The van der Waals surface area contributed by atoms with Crippen LogP contribution in [0.15, 0.2) is 42.5 Å². The van der Waals surface area contributed by atoms with Gasteiger partial charge in [-0.15, -0.1) is 0 Å². The van der Waals surface area contributed by atoms with Crippen molar-refractivity contribution >= 4 is 17.3 Å². The molecule has 0 saturated heterocycles. The number of hydrogen-bond acceptors (Lipinski definition) is 3. The van der Waals surface area contributed by atoms with E-state index in [-0.39, 0.29) is 5.91 Å². The highest BCUT2D eigenvalue weighted by Crippen LogP contribution is 2.35. The van der Waals surface area contributed by atoms with Crippen LogP contribution in [-0.4, -0.2) is 19.1 Å². The largest absolute Gasteiger partial charge is 0.478 e. The highest BCUT2D eigenvalue weighted by Gasteiger charge is 2.32. The molecule has 120 valence electrons. The molecule has 0 fully saturated rings. The topological polar surface area (TPSA) is 55.6 Å². The van der Waals surface area contributed by atoms with Crippen LogP contribution >= 0.6 is 0 Å². The Labute approximate surface area is 136 Å². The summed E-state index contributed by atoms with van der Waals surface area (Å²) in [4.78, 5) is 14.2. The monoisotopic (exact) mass is 310 g/mol. The van der Waals surface area contributed by atoms with Gasteiger partial charge in [0.1, 0.15) is 5.75 Å². The molecule has 0 aliphatic carbocycles. The van der Waals surface area contributed by atoms with Crippen molar-refractivity contribution in [2.24, 2.45) is 0 Å². The van der Waals surface area contributed by atoms with Gasteiger partial charge in [0.25, 0.3) is 5.91 Å². The molecule has 1 heterocycles. The SMILES string of the molecule is CC(C)c1ccc(CC2Oc3ccc(N)cc3N(C)C2=O)cc1. The highest BCUT2D eigenvalue weighted by molar-refractivity contribution is 6.00. The predicted molar refractivity (Wildman–Crippen MR) is 92.9 cm³/mol. The van der Waals surface area contributed by atoms with Crippen LogP contribution in [0.5, 0.6) is 5.75 Å². The number of carbonyl (C=O) groups excluding carboxylic acids is 1. The number of nitrogens with zero attached hydrogens (tertiary/aromatic N) is 1. The van der Waals surface area contributed by atoms with Gasteiger partial charge in [0, 0.05) is 19.2 Å². The Balaban J connectivity index is 1.81. The van der Waals surface area contributed by atoms with Crippen LogP contribution in [-0.2, 0) is 11.2 Å². The molecule has 2 N–H and O–H groups in total. The van der Waals surface area contributed by atoms with Gasteiger partial charge in [-0.05, 0) is 35.2 Å². The lowest BCUT2D eigenvalue weighted by atomic mass is 9.99. The predicted octanol–water partition coefficient (Wildman–Crippen LogP) is 3.36. The molecule has 1 amide bonds. The summed E-state index contributed by atoms with van der Waals surface area (Å²) in [6.07, 6.45) is 0.0618. The van der Waals surface area contributed by atoms with E-state index in [1.807, 2.05) is 6.07 Å². The third-order valence-electron chi connectivity index (χ3n) is 4.29. The molecule has 0 radical (unpaired) electrons. The Kier molecular flexibility index (Phi) is 3.99. The van der Waals surface area contributed by atoms with E-state index in [9.17, 15) is 4.79 Å². The number of benzene rings is 2. The van der Waals surface area contributed by atoms with Crippen molar-refractivity contribution in [1.29, 1.82) is 0 Å². The molecule has 4 heteroatoms. The second-order valence-corrected chi connectivity index (χ2v) is 6.33. The summed E-state index contributed by atoms with van der Waals surface area (Å²) >= 11 is 0. The van der Waals surface area contributed by atoms with Crippen LogP contribution in [0.25, 0.3) is 0 Å². The number of amides is 1. The molecule has 1 aliphatic heterocycles. The smallest absolute Gasteiger partial charge is 0.268 e. The van der Waals surface area contributed by atoms with Crippen molar-refractivity contribution < 1.29 is 9.53 Å². The maximum absolute atomic E-state index is 12.5. The zero-order chi connectivity index (χ0) is 16.6. The van der Waals surface area contributed by atoms with Crippen LogP contribution in [0.1, 0.15) is 30.9 Å². The number of ether oxygens (including phenoxy) is 1. The minimum Gasteiger partial charge on any atom is -0.478 e. The molecule has 1 unspecified atom stereocenters. The van der Waals surface area contributed by atoms with E-state index in [0.29, 0.717) is 23.8 Å². The number of nitrogens with two attached hydrogens (primary N) is 1. The first kappa shape index (κ1) is 15.4. The molecule has 1 aliphatic rings. The van der Waals surface area contributed by atoms with Gasteiger partial charge in [0.05, 0.1) is 5.69 Å². The third kappa shape index (κ3) is 3.02. The molecule has 0 bridgehead atoms. The number of carbonyl (C=O) groups is 1. The summed E-state index contributed by atoms with van der Waals surface area (Å²) in [6, 6.07) is 13.8. The standard InChI is InChI=1S/C19H22N2O2/c1-12(2)14-6-4-13(5-7-14)10-18-19(22)21(3)16-11-15(20)8-9-17(16)23-18/h4-9,11-12,18H,10,20H2,1-3H3. The number of anilines is 2. The third-order valence-corrected chi connectivity index (χ3v) is 4.29. The van der Waals surface area contributed by atoms with Crippen molar-refractivity contribution in [3.8, 4) is 5.75 Å². The lowest BCUT2D eigenvalue weighted by Gasteiger charge is -2.32. The molecule has 1 atom stereocenters. The van der Waals surface area contributed by atoms with E-state index in [2.05, 4.69) is 38.1 Å². The minimum atomic E-state index is -0.499. The molecular weight excluding hydrogens is 288 g/mol. The van der Waals surface area contributed by atoms with Gasteiger partial charge in [0.15, 0.2) is 6.10 Å². The molecule has 4 nitrogen and oxygen atoms in total. The first-order valence-corrected chi connectivity index (χ1v) is 7.88. The Bertz CT molecular complexity index is 723. The van der Waals surface area contributed by atoms with Crippen molar-refractivity contribution in [3.63, 3.8) is 0 Å². The fourth-order valence-corrected chi connectivity index (χ4v) is 2.82. The summed E-state index contributed by atoms with van der Waals surface area (Å²) in [5, 5.41) is 0. The quantitative estimate of drug-likeness (QED) is 0.884. The van der Waals surface area contributed by atoms with Crippen LogP contribution in [0, 0.1) is 0 Å². The average molecular weight is 310 g/mol. The number of fused-ring (bicyclic) bond motifs is 1. The lowest BCUT2D eigenvalue weighted by molar-refractivity contribution is -0.125. The van der Waals surface area contributed by atoms with Gasteiger partial charge >= 0.3 is 0 Å². The number of hydrogen-bond donors (Lipinski definition) is 1. The van der Waals surface area contributed by atoms with E-state index in [4.69, 9.17) is 10.5 Å². The van der Waals surface area contributed by atoms with Crippen molar-refractivity contribution in [2.75, 3.05) is 17.7 Å². The molecule has 0 aromatic heterocycles. The molecular formula is C19H22N2O2. The van der Waals surface area contributed by atoms with Crippen LogP contribution < -0.4 is 15.4 Å². The molecule has 0 saturated carbocycles. The average Bonchev–Trinajstić information content (AvgIpc) is 2.53. The number of nitrogen functional groups attached to an aromatic ring is 1. The molecule has 23 heavy (non-hydrogen) atoms. The maximum atomic E-state index is 12.5. The van der Waals surface area contributed by atoms with Gasteiger partial charge in [-0.1, -0.05) is 38.1 Å². The fraction of sp³-hybridized carbons (Fsp3) is 0.316. The first-order chi connectivity index (χ1) is 11.0. The summed E-state index contributed by atoms with van der Waals surface area (Å²) in [6.45, 7) is 4.33. The Morgan fingerprint density at radius 2 is 1.87 bits per heavy atom. The van der Waals surface area contributed by atoms with E-state index in [1.54, 1.807) is 24.1 Å². The van der Waals surface area contributed by atoms with Crippen LogP contribution in [0.4, 0.5) is 11.4 Å². The molecule has 0 spiro atoms. The number of rotatable bonds is 3. The summed E-state index contributed by atoms with van der Waals surface area (Å²) in [5.41, 5.74) is 9.53. The lowest BCUT2D eigenvalue weighted by Crippen LogP contribution is -2.44. The molecule has 2 aromatic carbocycles. The zero-order valence-electron chi connectivity index (χ0n) is 13.7. The van der Waals surface area contributed by atoms with E-state index < -0.39 is 6.10 Å². The van der Waals surface area contributed by atoms with Gasteiger partial charge in [-0.25, -0.2) is 0 Å². The van der Waals surface area contributed by atoms with Crippen LogP contribution in [0.3, 0.4) is 0 Å². The summed E-state index contributed by atoms with van der Waals surface area (Å²) < 4.78 is 5.90. The van der Waals surface area contributed by atoms with Gasteiger partial charge in [-0.2, -0.15) is 0 Å². The van der Waals surface area contributed by atoms with E-state index in [0.717, 1.165) is 11.3 Å². The van der Waals surface area contributed by atoms with E-state index in [1.165, 1.54) is 5.56 Å². The number of likely N-dealkylation sites (N-methyl/N-ethyl adjacent to an activating group) is 1. The second-order valence-electron chi connectivity index (χ2n) is 6.33. The molecule has 3 rings (SSSR count). The Morgan fingerprint density at radius 3 is 2.52 bits per heavy atom. The highest BCUT2D eigenvalue weighted by atomic mass is 16.5. The normalized spacial score (nSPS) is 17.1. The second kappa shape index (κ2) is 5.95. The Hall–Kier alpha value is -2.49. The van der Waals surface area contributed by atoms with Crippen molar-refractivity contribution in [2.45, 2.75) is 32.3 Å². The maximum Gasteiger partial charge on any atom is 0.268 e. The van der Waals surface area contributed by atoms with Gasteiger partial charge in [0.2, 0.25) is 0 Å². The van der Waals surface area contributed by atoms with E-state index >= 15 is 0 Å². The summed E-state index contributed by atoms with van der Waals surface area (Å²) in [5.74, 6) is 1.15. The molecule has 2 aromatic rings. The fourth-order valence-electron chi connectivity index (χ4n) is 2.82. The first-order valence-electron chi connectivity index (χ1n) is 7.88. The zero-order valence-corrected chi connectivity index (χ0v) is 13.7. The Morgan fingerprint density at radius 1 is 1.17 bits per heavy atom. The van der Waals surface area contributed by atoms with Crippen molar-refractivity contribution in [1.82, 2.24) is 0 Å². The van der Waals surface area contributed by atoms with Gasteiger partial charge in [-0.3, -0.25) is 4.79 Å². The summed E-state index contributed by atoms with van der Waals surface area (Å²) in [7, 11) is 1.76. The van der Waals surface area contributed by atoms with Crippen LogP contribution in [0.2, 0.25) is 0 Å². The van der Waals surface area contributed by atoms with Gasteiger partial charge < -0.3 is 15.4 Å². The van der Waals surface area contributed by atoms with Crippen molar-refractivity contribution in [3.05, 3.63) is 53.6 Å².